The maximum absolute atomic E-state index is 12.2. The second-order valence-electron chi connectivity index (χ2n) is 4.56. The van der Waals surface area contributed by atoms with Crippen molar-refractivity contribution in [1.29, 1.82) is 0 Å². The summed E-state index contributed by atoms with van der Waals surface area (Å²) in [5, 5.41) is 3.82. The Morgan fingerprint density at radius 2 is 1.86 bits per heavy atom. The van der Waals surface area contributed by atoms with Crippen LogP contribution in [-0.2, 0) is 0 Å². The Morgan fingerprint density at radius 3 is 2.59 bits per heavy atom. The zero-order valence-electron chi connectivity index (χ0n) is 11.6. The maximum atomic E-state index is 12.2. The number of halogens is 1. The average molecular weight is 375 g/mol. The minimum absolute atomic E-state index is 0.0834. The number of para-hydroxylation sites is 1. The van der Waals surface area contributed by atoms with Crippen molar-refractivity contribution in [3.63, 3.8) is 0 Å². The van der Waals surface area contributed by atoms with Gasteiger partial charge in [-0.05, 0) is 41.0 Å². The first-order chi connectivity index (χ1) is 10.7. The van der Waals surface area contributed by atoms with Crippen molar-refractivity contribution in [2.24, 2.45) is 0 Å². The number of aromatic nitrogens is 3. The molecule has 0 spiro atoms. The molecular formula is C16H13BrN3OS+. The highest BCUT2D eigenvalue weighted by Gasteiger charge is 2.18. The summed E-state index contributed by atoms with van der Waals surface area (Å²) in [6.45, 7) is 0. The SMILES string of the molecule is O=C(CSc1nc[nH][n+]1-c1ccccc1)c1ccc(Br)cc1. The largest absolute Gasteiger partial charge is 0.385 e. The van der Waals surface area contributed by atoms with Gasteiger partial charge in [-0.15, -0.1) is 4.68 Å². The molecule has 0 radical (unpaired) electrons. The summed E-state index contributed by atoms with van der Waals surface area (Å²) in [7, 11) is 0. The molecule has 0 atom stereocenters. The van der Waals surface area contributed by atoms with Crippen LogP contribution in [0, 0.1) is 0 Å². The van der Waals surface area contributed by atoms with Crippen molar-refractivity contribution in [3.05, 3.63) is 71.0 Å². The average Bonchev–Trinajstić information content (AvgIpc) is 3.02. The zero-order valence-corrected chi connectivity index (χ0v) is 14.0. The van der Waals surface area contributed by atoms with Crippen molar-refractivity contribution in [3.8, 4) is 5.69 Å². The number of hydrogen-bond donors (Lipinski definition) is 1. The molecule has 0 saturated carbocycles. The number of H-pyrrole nitrogens is 1. The van der Waals surface area contributed by atoms with Gasteiger partial charge >= 0.3 is 5.16 Å². The number of Topliss-reactive ketones (excluding diaryl/α,β-unsaturated/α-hetero) is 1. The molecule has 3 aromatic rings. The van der Waals surface area contributed by atoms with E-state index < -0.39 is 0 Å². The van der Waals surface area contributed by atoms with Gasteiger partial charge in [0.1, 0.15) is 0 Å². The third-order valence-corrected chi connectivity index (χ3v) is 4.55. The van der Waals surface area contributed by atoms with E-state index >= 15 is 0 Å². The molecule has 4 nitrogen and oxygen atoms in total. The van der Waals surface area contributed by atoms with Gasteiger partial charge in [-0.2, -0.15) is 5.10 Å². The van der Waals surface area contributed by atoms with Crippen molar-refractivity contribution < 1.29 is 9.48 Å². The number of nitrogens with zero attached hydrogens (tertiary/aromatic N) is 2. The lowest BCUT2D eigenvalue weighted by Crippen LogP contribution is -2.34. The number of carbonyl (C=O) groups excluding carboxylic acids is 1. The number of rotatable bonds is 5. The highest BCUT2D eigenvalue weighted by Crippen LogP contribution is 2.16. The van der Waals surface area contributed by atoms with E-state index in [2.05, 4.69) is 26.0 Å². The summed E-state index contributed by atoms with van der Waals surface area (Å²) in [6, 6.07) is 17.2. The van der Waals surface area contributed by atoms with E-state index in [1.165, 1.54) is 11.8 Å². The van der Waals surface area contributed by atoms with Crippen LogP contribution in [0.1, 0.15) is 10.4 Å². The Morgan fingerprint density at radius 1 is 1.14 bits per heavy atom. The van der Waals surface area contributed by atoms with Crippen LogP contribution in [0.15, 0.2) is 70.6 Å². The molecule has 0 unspecified atom stereocenters. The highest BCUT2D eigenvalue weighted by atomic mass is 79.9. The van der Waals surface area contributed by atoms with Gasteiger partial charge in [0.15, 0.2) is 11.5 Å². The molecular weight excluding hydrogens is 362 g/mol. The smallest absolute Gasteiger partial charge is 0.293 e. The summed E-state index contributed by atoms with van der Waals surface area (Å²) in [5.41, 5.74) is 1.69. The van der Waals surface area contributed by atoms with E-state index in [1.54, 1.807) is 6.33 Å². The number of thioether (sulfide) groups is 1. The fraction of sp³-hybridized carbons (Fsp3) is 0.0625. The third kappa shape index (κ3) is 3.45. The Bertz CT molecular complexity index is 772. The maximum Gasteiger partial charge on any atom is 0.385 e. The van der Waals surface area contributed by atoms with Gasteiger partial charge in [-0.1, -0.05) is 46.3 Å². The van der Waals surface area contributed by atoms with Gasteiger partial charge in [0.05, 0.1) is 5.75 Å². The molecule has 2 aromatic carbocycles. The van der Waals surface area contributed by atoms with Crippen LogP contribution in [0.25, 0.3) is 5.69 Å². The molecule has 1 heterocycles. The minimum atomic E-state index is 0.0834. The van der Waals surface area contributed by atoms with Gasteiger partial charge < -0.3 is 0 Å². The first-order valence-corrected chi connectivity index (χ1v) is 8.44. The van der Waals surface area contributed by atoms with Gasteiger partial charge in [0.2, 0.25) is 6.33 Å². The zero-order chi connectivity index (χ0) is 15.4. The first-order valence-electron chi connectivity index (χ1n) is 6.66. The quantitative estimate of drug-likeness (QED) is 0.422. The summed E-state index contributed by atoms with van der Waals surface area (Å²) in [6.07, 6.45) is 1.62. The molecule has 0 aliphatic heterocycles. The molecule has 6 heteroatoms. The number of hydrogen-bond acceptors (Lipinski definition) is 3. The molecule has 0 fully saturated rings. The summed E-state index contributed by atoms with van der Waals surface area (Å²) in [4.78, 5) is 16.5. The van der Waals surface area contributed by atoms with Crippen LogP contribution in [0.4, 0.5) is 0 Å². The van der Waals surface area contributed by atoms with E-state index in [9.17, 15) is 4.79 Å². The van der Waals surface area contributed by atoms with Gasteiger partial charge in [-0.3, -0.25) is 4.79 Å². The lowest BCUT2D eigenvalue weighted by molar-refractivity contribution is -0.694. The van der Waals surface area contributed by atoms with E-state index in [0.29, 0.717) is 11.3 Å². The van der Waals surface area contributed by atoms with Crippen LogP contribution in [-0.4, -0.2) is 21.6 Å². The number of ketones is 1. The van der Waals surface area contributed by atoms with Gasteiger partial charge in [-0.25, -0.2) is 0 Å². The number of aromatic amines is 1. The van der Waals surface area contributed by atoms with Crippen LogP contribution in [0.3, 0.4) is 0 Å². The molecule has 0 aliphatic carbocycles. The second-order valence-corrected chi connectivity index (χ2v) is 6.42. The van der Waals surface area contributed by atoms with Crippen LogP contribution >= 0.6 is 27.7 Å². The normalized spacial score (nSPS) is 10.6. The molecule has 0 aliphatic rings. The molecule has 0 amide bonds. The van der Waals surface area contributed by atoms with Crippen LogP contribution < -0.4 is 4.68 Å². The molecule has 3 rings (SSSR count). The van der Waals surface area contributed by atoms with Crippen molar-refractivity contribution in [2.45, 2.75) is 5.16 Å². The molecule has 22 heavy (non-hydrogen) atoms. The fourth-order valence-corrected chi connectivity index (χ4v) is 3.07. The summed E-state index contributed by atoms with van der Waals surface area (Å²) < 4.78 is 2.82. The standard InChI is InChI=1S/C16H12BrN3OS/c17-13-8-6-12(7-9-13)15(21)10-22-16-18-11-19-20(16)14-4-2-1-3-5-14/h1-9,11H,10H2/p+1. The predicted octanol–water partition coefficient (Wildman–Crippen LogP) is 3.42. The molecule has 1 N–H and O–H groups in total. The Balaban J connectivity index is 1.71. The van der Waals surface area contributed by atoms with Crippen molar-refractivity contribution >= 4 is 33.5 Å². The fourth-order valence-electron chi connectivity index (χ4n) is 1.97. The first kappa shape index (κ1) is 15.0. The minimum Gasteiger partial charge on any atom is -0.293 e. The number of benzene rings is 2. The summed E-state index contributed by atoms with van der Waals surface area (Å²) in [5.74, 6) is 0.430. The van der Waals surface area contributed by atoms with Crippen molar-refractivity contribution in [1.82, 2.24) is 10.1 Å². The molecule has 110 valence electrons. The Hall–Kier alpha value is -1.92. The molecule has 0 saturated heterocycles. The lowest BCUT2D eigenvalue weighted by Gasteiger charge is -2.00. The van der Waals surface area contributed by atoms with Gasteiger partial charge in [0.25, 0.3) is 0 Å². The monoisotopic (exact) mass is 374 g/mol. The van der Waals surface area contributed by atoms with Crippen LogP contribution in [0.5, 0.6) is 0 Å². The van der Waals surface area contributed by atoms with Gasteiger partial charge in [0, 0.05) is 10.0 Å². The molecule has 0 bridgehead atoms. The molecule has 1 aromatic heterocycles. The lowest BCUT2D eigenvalue weighted by atomic mass is 10.2. The van der Waals surface area contributed by atoms with E-state index in [4.69, 9.17) is 0 Å². The predicted molar refractivity (Wildman–Crippen MR) is 89.3 cm³/mol. The highest BCUT2D eigenvalue weighted by molar-refractivity contribution is 9.10. The Labute approximate surface area is 140 Å². The van der Waals surface area contributed by atoms with E-state index in [0.717, 1.165) is 15.3 Å². The van der Waals surface area contributed by atoms with Crippen LogP contribution in [0.2, 0.25) is 0 Å². The summed E-state index contributed by atoms with van der Waals surface area (Å²) >= 11 is 4.78. The number of nitrogens with one attached hydrogen (secondary N) is 1. The third-order valence-electron chi connectivity index (χ3n) is 3.07. The Kier molecular flexibility index (Phi) is 4.70. The number of carbonyl (C=O) groups is 1. The second kappa shape index (κ2) is 6.89. The van der Waals surface area contributed by atoms with Crippen molar-refractivity contribution in [2.75, 3.05) is 5.75 Å². The van der Waals surface area contributed by atoms with E-state index in [1.807, 2.05) is 59.3 Å². The van der Waals surface area contributed by atoms with E-state index in [-0.39, 0.29) is 5.78 Å². The topological polar surface area (TPSA) is 49.6 Å².